The largest absolute Gasteiger partial charge is 0.465 e. The number of esters is 1. The predicted molar refractivity (Wildman–Crippen MR) is 65.9 cm³/mol. The quantitative estimate of drug-likeness (QED) is 0.503. The third kappa shape index (κ3) is 3.04. The molecule has 0 fully saturated rings. The number of hydrogen-bond donors (Lipinski definition) is 1. The highest BCUT2D eigenvalue weighted by atomic mass is 32.1. The van der Waals surface area contributed by atoms with E-state index in [1.165, 1.54) is 12.5 Å². The van der Waals surface area contributed by atoms with Gasteiger partial charge < -0.3 is 10.1 Å². The van der Waals surface area contributed by atoms with Gasteiger partial charge in [-0.25, -0.2) is 4.79 Å². The highest BCUT2D eigenvalue weighted by molar-refractivity contribution is 7.13. The molecule has 1 rings (SSSR count). The number of thiophene rings is 1. The van der Waals surface area contributed by atoms with Crippen LogP contribution in [-0.2, 0) is 9.53 Å². The van der Waals surface area contributed by atoms with Crippen molar-refractivity contribution < 1.29 is 19.2 Å². The van der Waals surface area contributed by atoms with Gasteiger partial charge in [0.1, 0.15) is 10.6 Å². The highest BCUT2D eigenvalue weighted by Crippen LogP contribution is 2.35. The van der Waals surface area contributed by atoms with Crippen molar-refractivity contribution in [3.63, 3.8) is 0 Å². The van der Waals surface area contributed by atoms with Crippen molar-refractivity contribution in [3.8, 4) is 0 Å². The van der Waals surface area contributed by atoms with Crippen LogP contribution in [0.5, 0.6) is 0 Å². The first-order valence-electron chi connectivity index (χ1n) is 5.15. The molecule has 98 valence electrons. The van der Waals surface area contributed by atoms with E-state index in [-0.39, 0.29) is 28.6 Å². The van der Waals surface area contributed by atoms with Gasteiger partial charge >= 0.3 is 11.7 Å². The first-order chi connectivity index (χ1) is 8.51. The maximum atomic E-state index is 11.5. The second kappa shape index (κ2) is 6.10. The second-order valence-corrected chi connectivity index (χ2v) is 4.25. The molecule has 0 saturated carbocycles. The van der Waals surface area contributed by atoms with Crippen molar-refractivity contribution in [2.75, 3.05) is 12.4 Å². The van der Waals surface area contributed by atoms with Gasteiger partial charge in [0.15, 0.2) is 0 Å². The zero-order valence-corrected chi connectivity index (χ0v) is 10.7. The van der Waals surface area contributed by atoms with Gasteiger partial charge in [0.25, 0.3) is 0 Å². The third-order valence-electron chi connectivity index (χ3n) is 2.08. The monoisotopic (exact) mass is 272 g/mol. The van der Waals surface area contributed by atoms with E-state index in [1.807, 2.05) is 6.92 Å². The number of hydrogen-bond acceptors (Lipinski definition) is 6. The Morgan fingerprint density at radius 3 is 2.72 bits per heavy atom. The molecule has 0 saturated heterocycles. The van der Waals surface area contributed by atoms with E-state index in [0.717, 1.165) is 11.3 Å². The van der Waals surface area contributed by atoms with Gasteiger partial charge in [-0.3, -0.25) is 14.9 Å². The minimum Gasteiger partial charge on any atom is -0.465 e. The number of nitrogens with one attached hydrogen (secondary N) is 1. The van der Waals surface area contributed by atoms with Crippen LogP contribution >= 0.6 is 11.3 Å². The summed E-state index contributed by atoms with van der Waals surface area (Å²) in [5.74, 6) is -1.08. The standard InChI is InChI=1S/C10H12N2O5S/c1-3-4-7(13)11-8-6(12(15)16)5-18-9(8)10(14)17-2/h5H,3-4H2,1-2H3,(H,11,13). The minimum atomic E-state index is -0.708. The summed E-state index contributed by atoms with van der Waals surface area (Å²) < 4.78 is 4.51. The molecule has 0 aliphatic heterocycles. The Hall–Kier alpha value is -1.96. The summed E-state index contributed by atoms with van der Waals surface area (Å²) in [6.45, 7) is 1.81. The smallest absolute Gasteiger partial charge is 0.350 e. The lowest BCUT2D eigenvalue weighted by Gasteiger charge is -2.04. The summed E-state index contributed by atoms with van der Waals surface area (Å²) >= 11 is 0.866. The molecule has 0 unspecified atom stereocenters. The average molecular weight is 272 g/mol. The molecule has 1 amide bonds. The molecule has 1 aromatic rings. The zero-order valence-electron chi connectivity index (χ0n) is 9.89. The van der Waals surface area contributed by atoms with Crippen LogP contribution in [0.15, 0.2) is 5.38 Å². The number of rotatable bonds is 5. The van der Waals surface area contributed by atoms with Gasteiger partial charge in [0, 0.05) is 6.42 Å². The SMILES string of the molecule is CCCC(=O)Nc1c([N+](=O)[O-])csc1C(=O)OC. The maximum absolute atomic E-state index is 11.5. The number of anilines is 1. The van der Waals surface area contributed by atoms with Crippen molar-refractivity contribution in [1.82, 2.24) is 0 Å². The van der Waals surface area contributed by atoms with Crippen LogP contribution in [0.2, 0.25) is 0 Å². The maximum Gasteiger partial charge on any atom is 0.350 e. The Labute approximate surface area is 107 Å². The molecule has 18 heavy (non-hydrogen) atoms. The number of amides is 1. The predicted octanol–water partition coefficient (Wildman–Crippen LogP) is 2.18. The van der Waals surface area contributed by atoms with Crippen molar-refractivity contribution in [1.29, 1.82) is 0 Å². The van der Waals surface area contributed by atoms with Crippen molar-refractivity contribution in [2.24, 2.45) is 0 Å². The van der Waals surface area contributed by atoms with Crippen molar-refractivity contribution in [3.05, 3.63) is 20.4 Å². The fourth-order valence-corrected chi connectivity index (χ4v) is 2.16. The molecular formula is C10H12N2O5S. The van der Waals surface area contributed by atoms with Crippen LogP contribution in [-0.4, -0.2) is 23.9 Å². The minimum absolute atomic E-state index is 0.0219. The highest BCUT2D eigenvalue weighted by Gasteiger charge is 2.26. The number of ether oxygens (including phenoxy) is 1. The number of nitro groups is 1. The van der Waals surface area contributed by atoms with E-state index < -0.39 is 10.9 Å². The molecule has 7 nitrogen and oxygen atoms in total. The molecule has 0 aliphatic rings. The summed E-state index contributed by atoms with van der Waals surface area (Å²) in [7, 11) is 1.17. The van der Waals surface area contributed by atoms with Gasteiger partial charge in [0.05, 0.1) is 17.4 Å². The second-order valence-electron chi connectivity index (χ2n) is 3.37. The third-order valence-corrected chi connectivity index (χ3v) is 3.03. The first-order valence-corrected chi connectivity index (χ1v) is 6.03. The molecule has 1 aromatic heterocycles. The van der Waals surface area contributed by atoms with Crippen molar-refractivity contribution >= 4 is 34.6 Å². The Morgan fingerprint density at radius 2 is 2.22 bits per heavy atom. The van der Waals surface area contributed by atoms with Gasteiger partial charge in [-0.05, 0) is 6.42 Å². The molecule has 0 aliphatic carbocycles. The summed E-state index contributed by atoms with van der Waals surface area (Å²) in [6, 6.07) is 0. The lowest BCUT2D eigenvalue weighted by Crippen LogP contribution is -2.14. The van der Waals surface area contributed by atoms with Crippen LogP contribution < -0.4 is 5.32 Å². The van der Waals surface area contributed by atoms with Crippen molar-refractivity contribution in [2.45, 2.75) is 19.8 Å². The first kappa shape index (κ1) is 14.1. The topological polar surface area (TPSA) is 98.5 Å². The van der Waals surface area contributed by atoms with Crippen LogP contribution in [0, 0.1) is 10.1 Å². The molecule has 0 spiro atoms. The number of carbonyl (C=O) groups excluding carboxylic acids is 2. The number of carbonyl (C=O) groups is 2. The Balaban J connectivity index is 3.11. The summed E-state index contributed by atoms with van der Waals surface area (Å²) in [5.41, 5.74) is -0.389. The van der Waals surface area contributed by atoms with E-state index in [2.05, 4.69) is 10.1 Å². The summed E-state index contributed by atoms with van der Waals surface area (Å²) in [5, 5.41) is 14.4. The molecule has 1 heterocycles. The van der Waals surface area contributed by atoms with Gasteiger partial charge in [-0.2, -0.15) is 0 Å². The molecule has 0 radical (unpaired) electrons. The van der Waals surface area contributed by atoms with Crippen LogP contribution in [0.4, 0.5) is 11.4 Å². The normalized spacial score (nSPS) is 9.89. The van der Waals surface area contributed by atoms with Crippen LogP contribution in [0.25, 0.3) is 0 Å². The van der Waals surface area contributed by atoms with E-state index >= 15 is 0 Å². The van der Waals surface area contributed by atoms with E-state index in [0.29, 0.717) is 6.42 Å². The molecular weight excluding hydrogens is 260 g/mol. The van der Waals surface area contributed by atoms with Crippen LogP contribution in [0.3, 0.4) is 0 Å². The van der Waals surface area contributed by atoms with Gasteiger partial charge in [-0.1, -0.05) is 6.92 Å². The van der Waals surface area contributed by atoms with E-state index in [9.17, 15) is 19.7 Å². The summed E-state index contributed by atoms with van der Waals surface area (Å²) in [4.78, 5) is 33.1. The fraction of sp³-hybridized carbons (Fsp3) is 0.400. The number of nitrogens with zero attached hydrogens (tertiary/aromatic N) is 1. The molecule has 8 heteroatoms. The number of methoxy groups -OCH3 is 1. The Bertz CT molecular complexity index is 483. The molecule has 1 N–H and O–H groups in total. The zero-order chi connectivity index (χ0) is 13.7. The Morgan fingerprint density at radius 1 is 1.56 bits per heavy atom. The van der Waals surface area contributed by atoms with Crippen LogP contribution in [0.1, 0.15) is 29.4 Å². The van der Waals surface area contributed by atoms with E-state index in [1.54, 1.807) is 0 Å². The van der Waals surface area contributed by atoms with Gasteiger partial charge in [-0.15, -0.1) is 11.3 Å². The summed E-state index contributed by atoms with van der Waals surface area (Å²) in [6.07, 6.45) is 0.838. The van der Waals surface area contributed by atoms with Gasteiger partial charge in [0.2, 0.25) is 5.91 Å². The molecule has 0 atom stereocenters. The molecule has 0 aromatic carbocycles. The Kier molecular flexibility index (Phi) is 4.78. The lowest BCUT2D eigenvalue weighted by atomic mass is 10.3. The van der Waals surface area contributed by atoms with E-state index in [4.69, 9.17) is 0 Å². The fourth-order valence-electron chi connectivity index (χ4n) is 1.28. The average Bonchev–Trinajstić information content (AvgIpc) is 2.72. The molecule has 0 bridgehead atoms. The lowest BCUT2D eigenvalue weighted by molar-refractivity contribution is -0.383.